The average Bonchev–Trinajstić information content (AvgIpc) is 3.18. The van der Waals surface area contributed by atoms with Crippen molar-refractivity contribution in [3.63, 3.8) is 0 Å². The summed E-state index contributed by atoms with van der Waals surface area (Å²) in [6.45, 7) is 0. The highest BCUT2D eigenvalue weighted by atomic mass is 32.1. The Morgan fingerprint density at radius 3 is 2.72 bits per heavy atom. The van der Waals surface area contributed by atoms with Crippen LogP contribution in [0.4, 0.5) is 15.6 Å². The van der Waals surface area contributed by atoms with Gasteiger partial charge in [-0.1, -0.05) is 17.4 Å². The van der Waals surface area contributed by atoms with Crippen molar-refractivity contribution >= 4 is 44.4 Å². The Morgan fingerprint density at radius 2 is 1.88 bits per heavy atom. The minimum Gasteiger partial charge on any atom is -0.465 e. The highest BCUT2D eigenvalue weighted by Crippen LogP contribution is 2.28. The van der Waals surface area contributed by atoms with Crippen molar-refractivity contribution in [2.75, 3.05) is 10.6 Å². The third-order valence-corrected chi connectivity index (χ3v) is 5.15. The number of amides is 2. The number of hydrogen-bond donors (Lipinski definition) is 3. The molecule has 4 rings (SSSR count). The summed E-state index contributed by atoms with van der Waals surface area (Å²) in [4.78, 5) is 27.4. The van der Waals surface area contributed by atoms with E-state index < -0.39 is 6.09 Å². The van der Waals surface area contributed by atoms with Gasteiger partial charge in [-0.05, 0) is 60.7 Å². The van der Waals surface area contributed by atoms with E-state index in [4.69, 9.17) is 5.11 Å². The number of carbonyl (C=O) groups excluding carboxylic acids is 1. The van der Waals surface area contributed by atoms with Crippen LogP contribution in [0, 0.1) is 0 Å². The van der Waals surface area contributed by atoms with Crippen molar-refractivity contribution in [1.82, 2.24) is 4.98 Å². The quantitative estimate of drug-likeness (QED) is 0.660. The average molecular weight is 353 g/mol. The van der Waals surface area contributed by atoms with E-state index in [1.54, 1.807) is 18.2 Å². The molecule has 3 aromatic rings. The smallest absolute Gasteiger partial charge is 0.410 e. The Morgan fingerprint density at radius 1 is 1.04 bits per heavy atom. The zero-order valence-electron chi connectivity index (χ0n) is 13.2. The molecule has 0 spiro atoms. The highest BCUT2D eigenvalue weighted by molar-refractivity contribution is 7.22. The fraction of sp³-hybridized carbons (Fsp3) is 0.167. The second kappa shape index (κ2) is 6.18. The number of aryl methyl sites for hydroxylation is 2. The maximum atomic E-state index is 12.5. The molecule has 6 nitrogen and oxygen atoms in total. The number of carbonyl (C=O) groups is 2. The van der Waals surface area contributed by atoms with Gasteiger partial charge in [0.15, 0.2) is 5.13 Å². The van der Waals surface area contributed by atoms with Gasteiger partial charge in [-0.2, -0.15) is 0 Å². The summed E-state index contributed by atoms with van der Waals surface area (Å²) in [7, 11) is 0. The van der Waals surface area contributed by atoms with Gasteiger partial charge in [0.05, 0.1) is 10.2 Å². The molecular weight excluding hydrogens is 338 g/mol. The Kier molecular flexibility index (Phi) is 3.85. The third kappa shape index (κ3) is 3.18. The molecule has 126 valence electrons. The second-order valence-corrected chi connectivity index (χ2v) is 6.95. The molecule has 7 heteroatoms. The van der Waals surface area contributed by atoms with Crippen LogP contribution < -0.4 is 10.6 Å². The van der Waals surface area contributed by atoms with Crippen LogP contribution in [-0.2, 0) is 12.8 Å². The molecule has 0 saturated carbocycles. The van der Waals surface area contributed by atoms with E-state index in [1.165, 1.54) is 28.9 Å². The lowest BCUT2D eigenvalue weighted by Gasteiger charge is -2.07. The van der Waals surface area contributed by atoms with Crippen molar-refractivity contribution in [1.29, 1.82) is 0 Å². The number of thiazole rings is 1. The number of anilines is 2. The first-order valence-corrected chi connectivity index (χ1v) is 8.74. The lowest BCUT2D eigenvalue weighted by Crippen LogP contribution is -2.11. The second-order valence-electron chi connectivity index (χ2n) is 5.92. The number of fused-ring (bicyclic) bond motifs is 2. The molecule has 25 heavy (non-hydrogen) atoms. The summed E-state index contributed by atoms with van der Waals surface area (Å²) >= 11 is 1.20. The van der Waals surface area contributed by atoms with E-state index in [-0.39, 0.29) is 5.91 Å². The zero-order chi connectivity index (χ0) is 17.4. The molecular formula is C18H15N3O3S. The summed E-state index contributed by atoms with van der Waals surface area (Å²) in [6.07, 6.45) is 2.18. The first-order chi connectivity index (χ1) is 12.1. The largest absolute Gasteiger partial charge is 0.465 e. The van der Waals surface area contributed by atoms with E-state index in [0.717, 1.165) is 23.2 Å². The van der Waals surface area contributed by atoms with E-state index in [0.29, 0.717) is 16.2 Å². The van der Waals surface area contributed by atoms with E-state index >= 15 is 0 Å². The van der Waals surface area contributed by atoms with Crippen LogP contribution in [0.5, 0.6) is 0 Å². The van der Waals surface area contributed by atoms with Crippen molar-refractivity contribution in [3.8, 4) is 0 Å². The van der Waals surface area contributed by atoms with Crippen LogP contribution in [0.15, 0.2) is 36.4 Å². The molecule has 2 aromatic carbocycles. The first-order valence-electron chi connectivity index (χ1n) is 7.92. The molecule has 0 atom stereocenters. The van der Waals surface area contributed by atoms with Gasteiger partial charge in [-0.15, -0.1) is 0 Å². The lowest BCUT2D eigenvalue weighted by molar-refractivity contribution is 0.102. The summed E-state index contributed by atoms with van der Waals surface area (Å²) in [6, 6.07) is 11.2. The van der Waals surface area contributed by atoms with Crippen LogP contribution in [0.25, 0.3) is 10.2 Å². The Hall–Kier alpha value is -2.93. The number of aromatic nitrogens is 1. The number of carboxylic acid groups (broad SMARTS) is 1. The minimum atomic E-state index is -1.16. The van der Waals surface area contributed by atoms with E-state index in [1.807, 2.05) is 12.1 Å². The van der Waals surface area contributed by atoms with E-state index in [2.05, 4.69) is 21.7 Å². The number of hydrogen-bond acceptors (Lipinski definition) is 4. The monoisotopic (exact) mass is 353 g/mol. The van der Waals surface area contributed by atoms with Gasteiger partial charge < -0.3 is 10.4 Å². The molecule has 3 N–H and O–H groups in total. The van der Waals surface area contributed by atoms with Gasteiger partial charge in [0.25, 0.3) is 5.91 Å². The summed E-state index contributed by atoms with van der Waals surface area (Å²) in [5.41, 5.74) is 4.63. The predicted molar refractivity (Wildman–Crippen MR) is 97.7 cm³/mol. The van der Waals surface area contributed by atoms with Crippen LogP contribution in [0.2, 0.25) is 0 Å². The molecule has 0 aliphatic heterocycles. The standard InChI is InChI=1S/C18H15N3O3S/c22-16(19-13-6-4-10-2-1-3-11(10)8-13)12-5-7-14-15(9-12)25-17(20-14)21-18(23)24/h4-9H,1-3H2,(H,19,22)(H,20,21)(H,23,24). The molecule has 1 heterocycles. The number of nitrogens with zero attached hydrogens (tertiary/aromatic N) is 1. The van der Waals surface area contributed by atoms with Crippen molar-refractivity contribution in [2.45, 2.75) is 19.3 Å². The number of rotatable bonds is 3. The molecule has 0 unspecified atom stereocenters. The van der Waals surface area contributed by atoms with Crippen LogP contribution in [0.1, 0.15) is 27.9 Å². The van der Waals surface area contributed by atoms with Crippen LogP contribution in [-0.4, -0.2) is 22.1 Å². The fourth-order valence-electron chi connectivity index (χ4n) is 3.06. The molecule has 1 aliphatic carbocycles. The number of nitrogens with one attached hydrogen (secondary N) is 2. The molecule has 1 aliphatic rings. The first kappa shape index (κ1) is 15.6. The molecule has 0 bridgehead atoms. The Bertz CT molecular complexity index is 996. The maximum Gasteiger partial charge on any atom is 0.410 e. The van der Waals surface area contributed by atoms with Crippen LogP contribution >= 0.6 is 11.3 Å². The third-order valence-electron chi connectivity index (χ3n) is 4.22. The molecule has 2 amide bonds. The lowest BCUT2D eigenvalue weighted by atomic mass is 10.1. The van der Waals surface area contributed by atoms with Gasteiger partial charge in [-0.3, -0.25) is 10.1 Å². The molecule has 1 aromatic heterocycles. The van der Waals surface area contributed by atoms with Gasteiger partial charge in [0.2, 0.25) is 0 Å². The molecule has 0 saturated heterocycles. The summed E-state index contributed by atoms with van der Waals surface area (Å²) < 4.78 is 0.755. The predicted octanol–water partition coefficient (Wildman–Crippen LogP) is 4.13. The maximum absolute atomic E-state index is 12.5. The minimum absolute atomic E-state index is 0.194. The molecule has 0 radical (unpaired) electrons. The summed E-state index contributed by atoms with van der Waals surface area (Å²) in [5.74, 6) is -0.194. The Labute approximate surface area is 147 Å². The van der Waals surface area contributed by atoms with Crippen molar-refractivity contribution in [3.05, 3.63) is 53.1 Å². The normalized spacial score (nSPS) is 12.8. The van der Waals surface area contributed by atoms with Gasteiger partial charge in [0.1, 0.15) is 0 Å². The SMILES string of the molecule is O=C(O)Nc1nc2ccc(C(=O)Nc3ccc4c(c3)CCC4)cc2s1. The van der Waals surface area contributed by atoms with Crippen molar-refractivity contribution < 1.29 is 14.7 Å². The number of benzene rings is 2. The fourth-order valence-corrected chi connectivity index (χ4v) is 3.96. The van der Waals surface area contributed by atoms with Gasteiger partial charge in [0, 0.05) is 11.3 Å². The topological polar surface area (TPSA) is 91.3 Å². The summed E-state index contributed by atoms with van der Waals surface area (Å²) in [5, 5.41) is 14.2. The Balaban J connectivity index is 1.56. The zero-order valence-corrected chi connectivity index (χ0v) is 14.0. The van der Waals surface area contributed by atoms with Gasteiger partial charge >= 0.3 is 6.09 Å². The highest BCUT2D eigenvalue weighted by Gasteiger charge is 2.14. The van der Waals surface area contributed by atoms with E-state index in [9.17, 15) is 9.59 Å². The molecule has 0 fully saturated rings. The van der Waals surface area contributed by atoms with Gasteiger partial charge in [-0.25, -0.2) is 9.78 Å². The van der Waals surface area contributed by atoms with Crippen molar-refractivity contribution in [2.24, 2.45) is 0 Å². The van der Waals surface area contributed by atoms with Crippen LogP contribution in [0.3, 0.4) is 0 Å².